The van der Waals surface area contributed by atoms with Gasteiger partial charge in [0, 0.05) is 58.4 Å². The van der Waals surface area contributed by atoms with E-state index < -0.39 is 35.9 Å². The second-order valence-electron chi connectivity index (χ2n) is 16.3. The Morgan fingerprint density at radius 3 is 2.58 bits per heavy atom. The Bertz CT molecular complexity index is 1250. The number of Topliss-reactive ketones (excluding diaryl/α,β-unsaturated/α-hetero) is 1. The Morgan fingerprint density at radius 1 is 1.10 bits per heavy atom. The summed E-state index contributed by atoms with van der Waals surface area (Å²) in [4.78, 5) is 50.7. The molecule has 3 aliphatic heterocycles. The Hall–Kier alpha value is -2.73. The zero-order chi connectivity index (χ0) is 34.2. The fraction of sp³-hybridized carbons (Fsp3) is 0.833. The first-order valence-corrected chi connectivity index (χ1v) is 18.4. The van der Waals surface area contributed by atoms with Crippen molar-refractivity contribution in [2.45, 2.75) is 133 Å². The summed E-state index contributed by atoms with van der Waals surface area (Å²) in [5.41, 5.74) is -0.448. The Labute approximate surface area is 285 Å². The summed E-state index contributed by atoms with van der Waals surface area (Å²) in [5.74, 6) is -0.0617. The summed E-state index contributed by atoms with van der Waals surface area (Å²) in [5, 5.41) is 5.95. The normalized spacial score (nSPS) is 36.5. The molecule has 2 amide bonds. The third-order valence-corrected chi connectivity index (χ3v) is 11.4. The number of nitrogens with one attached hydrogen (secondary N) is 2. The topological polar surface area (TPSA) is 116 Å². The molecule has 0 bridgehead atoms. The average molecular weight is 673 g/mol. The van der Waals surface area contributed by atoms with Crippen LogP contribution < -0.4 is 10.6 Å². The molecule has 48 heavy (non-hydrogen) atoms. The fourth-order valence-corrected chi connectivity index (χ4v) is 9.36. The van der Waals surface area contributed by atoms with Crippen LogP contribution in [0.1, 0.15) is 85.0 Å². The van der Waals surface area contributed by atoms with Crippen LogP contribution in [0.5, 0.6) is 0 Å². The quantitative estimate of drug-likeness (QED) is 0.165. The van der Waals surface area contributed by atoms with Gasteiger partial charge in [-0.1, -0.05) is 25.7 Å². The molecular weight excluding hydrogens is 615 g/mol. The highest BCUT2D eigenvalue weighted by Gasteiger charge is 2.61. The second-order valence-corrected chi connectivity index (χ2v) is 16.3. The Morgan fingerprint density at radius 2 is 1.85 bits per heavy atom. The van der Waals surface area contributed by atoms with Gasteiger partial charge in [0.25, 0.3) is 5.91 Å². The molecule has 0 aromatic rings. The van der Waals surface area contributed by atoms with Gasteiger partial charge in [-0.25, -0.2) is 9.18 Å². The van der Waals surface area contributed by atoms with Crippen LogP contribution in [0.25, 0.3) is 0 Å². The number of ketones is 1. The molecule has 2 saturated heterocycles. The van der Waals surface area contributed by atoms with E-state index in [1.54, 1.807) is 6.34 Å². The summed E-state index contributed by atoms with van der Waals surface area (Å²) in [7, 11) is 3.85. The molecule has 2 N–H and O–H groups in total. The van der Waals surface area contributed by atoms with Crippen LogP contribution >= 0.6 is 0 Å². The molecule has 3 heterocycles. The number of fused-ring (bicyclic) bond motifs is 3. The van der Waals surface area contributed by atoms with E-state index in [9.17, 15) is 14.4 Å². The van der Waals surface area contributed by atoms with Gasteiger partial charge < -0.3 is 29.9 Å². The van der Waals surface area contributed by atoms with Crippen LogP contribution in [-0.4, -0.2) is 127 Å². The minimum absolute atomic E-state index is 0.0587. The van der Waals surface area contributed by atoms with Crippen molar-refractivity contribution in [1.82, 2.24) is 25.3 Å². The average Bonchev–Trinajstić information content (AvgIpc) is 3.47. The van der Waals surface area contributed by atoms with E-state index in [1.165, 1.54) is 25.7 Å². The summed E-state index contributed by atoms with van der Waals surface area (Å²) >= 11 is 0. The highest BCUT2D eigenvalue weighted by molar-refractivity contribution is 6.20. The lowest BCUT2D eigenvalue weighted by Gasteiger charge is -2.61. The number of aliphatic imine (C=N–C) groups is 1. The highest BCUT2D eigenvalue weighted by atomic mass is 19.1. The molecule has 3 aliphatic carbocycles. The number of carbonyl (C=O) groups is 3. The number of halogens is 1. The van der Waals surface area contributed by atoms with E-state index in [-0.39, 0.29) is 47.9 Å². The largest absolute Gasteiger partial charge is 0.444 e. The van der Waals surface area contributed by atoms with Gasteiger partial charge in [-0.3, -0.25) is 19.5 Å². The number of amides is 2. The van der Waals surface area contributed by atoms with Crippen molar-refractivity contribution in [3.63, 3.8) is 0 Å². The van der Waals surface area contributed by atoms with E-state index in [0.717, 1.165) is 25.7 Å². The molecule has 268 valence electrons. The van der Waals surface area contributed by atoms with Crippen LogP contribution in [0.2, 0.25) is 0 Å². The van der Waals surface area contributed by atoms with Gasteiger partial charge in [0.05, 0.1) is 42.2 Å². The van der Waals surface area contributed by atoms with Gasteiger partial charge in [-0.15, -0.1) is 0 Å². The fourth-order valence-electron chi connectivity index (χ4n) is 9.36. The number of alkyl carbamates (subject to hydrolysis) is 1. The van der Waals surface area contributed by atoms with E-state index in [0.29, 0.717) is 44.4 Å². The van der Waals surface area contributed by atoms with Crippen LogP contribution in [0.3, 0.4) is 0 Å². The van der Waals surface area contributed by atoms with Crippen molar-refractivity contribution in [3.8, 4) is 0 Å². The molecule has 11 nitrogen and oxygen atoms in total. The molecule has 12 heteroatoms. The zero-order valence-corrected chi connectivity index (χ0v) is 29.5. The Balaban J connectivity index is 1.20. The smallest absolute Gasteiger partial charge is 0.407 e. The van der Waals surface area contributed by atoms with Crippen molar-refractivity contribution < 1.29 is 28.2 Å². The first-order valence-electron chi connectivity index (χ1n) is 18.4. The molecule has 0 aromatic heterocycles. The summed E-state index contributed by atoms with van der Waals surface area (Å²) in [6.45, 7) is 7.75. The molecule has 0 aromatic carbocycles. The van der Waals surface area contributed by atoms with Crippen LogP contribution in [0.4, 0.5) is 9.18 Å². The van der Waals surface area contributed by atoms with Crippen molar-refractivity contribution in [3.05, 3.63) is 11.8 Å². The van der Waals surface area contributed by atoms with Gasteiger partial charge in [-0.2, -0.15) is 0 Å². The number of rotatable bonds is 9. The summed E-state index contributed by atoms with van der Waals surface area (Å²) in [6, 6.07) is -0.941. The summed E-state index contributed by atoms with van der Waals surface area (Å²) < 4.78 is 29.0. The lowest BCUT2D eigenvalue weighted by molar-refractivity contribution is -0.219. The second kappa shape index (κ2) is 14.6. The molecular formula is C36H57FN6O5. The number of likely N-dealkylation sites (tertiary alicyclic amines) is 1. The number of unbranched alkanes of at least 4 members (excludes halogenated alkanes) is 1. The van der Waals surface area contributed by atoms with Crippen molar-refractivity contribution in [1.29, 1.82) is 0 Å². The SMILES string of the molecule is CN(C)C=NCCCCNC(=O)C1=CN2C3CC4CCCCC4CC3OC3C(N4CC[C@@H](NC(=O)OC(C)(C)C)C4)C(F)CC(C1=O)C32. The maximum Gasteiger partial charge on any atom is 0.407 e. The van der Waals surface area contributed by atoms with Crippen molar-refractivity contribution >= 4 is 24.1 Å². The molecule has 9 unspecified atom stereocenters. The predicted octanol–water partition coefficient (Wildman–Crippen LogP) is 3.67. The van der Waals surface area contributed by atoms with Gasteiger partial charge >= 0.3 is 6.09 Å². The number of alkyl halides is 1. The molecule has 3 saturated carbocycles. The van der Waals surface area contributed by atoms with Crippen LogP contribution in [-0.2, 0) is 19.1 Å². The van der Waals surface area contributed by atoms with E-state index in [1.807, 2.05) is 46.0 Å². The number of morpholine rings is 1. The first kappa shape index (κ1) is 35.1. The number of hydrogen-bond acceptors (Lipinski definition) is 8. The first-order chi connectivity index (χ1) is 22.9. The van der Waals surface area contributed by atoms with Gasteiger partial charge in [0.1, 0.15) is 11.8 Å². The zero-order valence-electron chi connectivity index (χ0n) is 29.5. The van der Waals surface area contributed by atoms with Crippen molar-refractivity contribution in [2.24, 2.45) is 22.7 Å². The third kappa shape index (κ3) is 7.69. The molecule has 0 spiro atoms. The molecule has 10 atom stereocenters. The molecule has 6 aliphatic rings. The van der Waals surface area contributed by atoms with E-state index in [2.05, 4.69) is 25.4 Å². The van der Waals surface area contributed by atoms with Crippen LogP contribution in [0.15, 0.2) is 16.8 Å². The monoisotopic (exact) mass is 672 g/mol. The molecule has 5 fully saturated rings. The van der Waals surface area contributed by atoms with E-state index >= 15 is 4.39 Å². The van der Waals surface area contributed by atoms with Crippen molar-refractivity contribution in [2.75, 3.05) is 40.3 Å². The lowest BCUT2D eigenvalue weighted by Crippen LogP contribution is -2.73. The van der Waals surface area contributed by atoms with Gasteiger partial charge in [0.15, 0.2) is 5.78 Å². The number of nitrogens with zero attached hydrogens (tertiary/aromatic N) is 4. The predicted molar refractivity (Wildman–Crippen MR) is 181 cm³/mol. The maximum atomic E-state index is 16.5. The van der Waals surface area contributed by atoms with Gasteiger partial charge in [0.2, 0.25) is 0 Å². The molecule has 6 rings (SSSR count). The third-order valence-electron chi connectivity index (χ3n) is 11.4. The number of hydrogen-bond donors (Lipinski definition) is 2. The Kier molecular flexibility index (Phi) is 10.7. The van der Waals surface area contributed by atoms with Crippen LogP contribution in [0, 0.1) is 17.8 Å². The minimum atomic E-state index is -1.30. The summed E-state index contributed by atoms with van der Waals surface area (Å²) in [6.07, 6.45) is 10.4. The highest BCUT2D eigenvalue weighted by Crippen LogP contribution is 2.51. The lowest BCUT2D eigenvalue weighted by atomic mass is 9.64. The number of ether oxygens (including phenoxy) is 2. The maximum absolute atomic E-state index is 16.5. The molecule has 0 radical (unpaired) electrons. The minimum Gasteiger partial charge on any atom is -0.444 e. The standard InChI is InChI=1S/C36H57FN6O5/c1-36(2,3)48-35(46)40-24-12-15-42(19-24)31-27(37)18-25-30-33(31)47-29-17-23-11-7-6-10-22(23)16-28(29)43(30)20-26(32(25)44)34(45)39-14-9-8-13-38-21-41(4)5/h20-25,27-31,33H,6-19H2,1-5H3,(H,39,45)(H,40,46)/t22?,23?,24-,25?,27?,28?,29?,30?,31?,33?/m1/s1. The van der Waals surface area contributed by atoms with Gasteiger partial charge in [-0.05, 0) is 71.1 Å². The number of carbonyl (C=O) groups excluding carboxylic acids is 3. The van der Waals surface area contributed by atoms with E-state index in [4.69, 9.17) is 9.47 Å².